The van der Waals surface area contributed by atoms with Crippen molar-refractivity contribution in [2.24, 2.45) is 52.3 Å². The van der Waals surface area contributed by atoms with E-state index in [9.17, 15) is 23.4 Å². The molecule has 0 spiro atoms. The average Bonchev–Trinajstić information content (AvgIpc) is 3.55. The van der Waals surface area contributed by atoms with Crippen LogP contribution in [0.25, 0.3) is 0 Å². The molecule has 0 aromatic carbocycles. The van der Waals surface area contributed by atoms with Crippen molar-refractivity contribution in [2.45, 2.75) is 116 Å². The molecule has 10 heteroatoms. The van der Waals surface area contributed by atoms with Gasteiger partial charge in [0.1, 0.15) is 4.90 Å². The van der Waals surface area contributed by atoms with Crippen molar-refractivity contribution in [2.75, 3.05) is 6.54 Å². The summed E-state index contributed by atoms with van der Waals surface area (Å²) in [7, 11) is -3.96. The van der Waals surface area contributed by atoms with Crippen LogP contribution in [0, 0.1) is 52.3 Å². The van der Waals surface area contributed by atoms with E-state index in [0.29, 0.717) is 48.6 Å². The highest BCUT2D eigenvalue weighted by Gasteiger charge is 2.64. The van der Waals surface area contributed by atoms with Crippen LogP contribution >= 0.6 is 0 Å². The van der Waals surface area contributed by atoms with Crippen LogP contribution in [-0.4, -0.2) is 53.2 Å². The fraction of sp³-hybridized carbons (Fsp3) is 0.871. The number of urea groups is 1. The Morgan fingerprint density at radius 2 is 1.80 bits per heavy atom. The monoisotopic (exact) mass is 592 g/mol. The zero-order valence-corrected chi connectivity index (χ0v) is 26.4. The van der Waals surface area contributed by atoms with Gasteiger partial charge in [0.05, 0.1) is 18.4 Å². The number of nitrogens with zero attached hydrogens (tertiary/aromatic N) is 2. The second-order valence-electron chi connectivity index (χ2n) is 14.3. The summed E-state index contributed by atoms with van der Waals surface area (Å²) in [6, 6.07) is -0.714. The van der Waals surface area contributed by atoms with Gasteiger partial charge in [0.15, 0.2) is 0 Å². The molecular weight excluding hydrogens is 540 g/mol. The van der Waals surface area contributed by atoms with E-state index in [1.807, 2.05) is 6.92 Å². The molecule has 4 aliphatic carbocycles. The molecule has 4 aliphatic rings. The second kappa shape index (κ2) is 11.5. The number of hydrogen-bond acceptors (Lipinski definition) is 6. The van der Waals surface area contributed by atoms with Gasteiger partial charge in [0.25, 0.3) is 10.0 Å². The lowest BCUT2D eigenvalue weighted by atomic mass is 9.41. The minimum absolute atomic E-state index is 0.0248. The van der Waals surface area contributed by atoms with Crippen LogP contribution in [0.2, 0.25) is 0 Å². The zero-order valence-electron chi connectivity index (χ0n) is 25.6. The average molecular weight is 593 g/mol. The highest BCUT2D eigenvalue weighted by Crippen LogP contribution is 2.69. The van der Waals surface area contributed by atoms with E-state index in [0.717, 1.165) is 51.4 Å². The summed E-state index contributed by atoms with van der Waals surface area (Å²) >= 11 is 0. The Morgan fingerprint density at radius 1 is 1.10 bits per heavy atom. The van der Waals surface area contributed by atoms with Crippen LogP contribution in [0.3, 0.4) is 0 Å². The lowest BCUT2D eigenvalue weighted by Crippen LogP contribution is -2.62. The number of rotatable bonds is 8. The van der Waals surface area contributed by atoms with Gasteiger partial charge in [-0.2, -0.15) is 5.10 Å². The number of sulfonamides is 1. The smallest absolute Gasteiger partial charge is 0.328 e. The quantitative estimate of drug-likeness (QED) is 0.350. The number of aliphatic hydroxyl groups excluding tert-OH is 2. The van der Waals surface area contributed by atoms with Gasteiger partial charge in [-0.25, -0.2) is 17.9 Å². The maximum atomic E-state index is 12.5. The molecule has 1 aromatic rings. The third-order valence-corrected chi connectivity index (χ3v) is 13.8. The summed E-state index contributed by atoms with van der Waals surface area (Å²) in [6.45, 7) is 12.2. The Morgan fingerprint density at radius 3 is 2.49 bits per heavy atom. The number of aliphatic hydroxyl groups is 2. The van der Waals surface area contributed by atoms with Gasteiger partial charge >= 0.3 is 6.03 Å². The number of carbonyl (C=O) groups is 1. The van der Waals surface area contributed by atoms with Crippen molar-refractivity contribution in [3.63, 3.8) is 0 Å². The van der Waals surface area contributed by atoms with Crippen LogP contribution in [0.1, 0.15) is 92.4 Å². The number of carbonyl (C=O) groups excluding carboxylic acids is 1. The molecule has 2 unspecified atom stereocenters. The number of nitrogens with one attached hydrogen (secondary N) is 2. The summed E-state index contributed by atoms with van der Waals surface area (Å²) in [5.74, 6) is 2.86. The van der Waals surface area contributed by atoms with Crippen LogP contribution in [0.15, 0.2) is 17.3 Å². The molecular formula is C31H52N4O5S. The first-order chi connectivity index (χ1) is 19.4. The highest BCUT2D eigenvalue weighted by atomic mass is 32.2. The van der Waals surface area contributed by atoms with E-state index in [4.69, 9.17) is 0 Å². The van der Waals surface area contributed by atoms with Gasteiger partial charge in [-0.15, -0.1) is 0 Å². The molecule has 0 aliphatic heterocycles. The fourth-order valence-corrected chi connectivity index (χ4v) is 11.3. The Labute approximate surface area is 246 Å². The zero-order chi connectivity index (χ0) is 29.7. The van der Waals surface area contributed by atoms with E-state index in [1.54, 1.807) is 0 Å². The van der Waals surface area contributed by atoms with Crippen molar-refractivity contribution in [3.8, 4) is 0 Å². The molecule has 11 atom stereocenters. The van der Waals surface area contributed by atoms with Crippen LogP contribution in [-0.2, 0) is 16.6 Å². The van der Waals surface area contributed by atoms with E-state index in [1.165, 1.54) is 23.5 Å². The first-order valence-electron chi connectivity index (χ1n) is 16.0. The minimum Gasteiger partial charge on any atom is -0.393 e. The summed E-state index contributed by atoms with van der Waals surface area (Å²) in [5.41, 5.74) is 0.351. The molecule has 5 rings (SSSR count). The lowest BCUT2D eigenvalue weighted by molar-refractivity contribution is -0.203. The number of aromatic nitrogens is 2. The largest absolute Gasteiger partial charge is 0.393 e. The maximum absolute atomic E-state index is 12.5. The topological polar surface area (TPSA) is 134 Å². The second-order valence-corrected chi connectivity index (χ2v) is 16.0. The van der Waals surface area contributed by atoms with Gasteiger partial charge in [0.2, 0.25) is 0 Å². The van der Waals surface area contributed by atoms with Crippen molar-refractivity contribution in [1.29, 1.82) is 0 Å². The number of hydrogen-bond donors (Lipinski definition) is 4. The van der Waals surface area contributed by atoms with Crippen molar-refractivity contribution in [3.05, 3.63) is 12.4 Å². The van der Waals surface area contributed by atoms with Gasteiger partial charge in [-0.3, -0.25) is 4.68 Å². The third-order valence-electron chi connectivity index (χ3n) is 12.5. The number of amides is 2. The molecule has 1 aromatic heterocycles. The summed E-state index contributed by atoms with van der Waals surface area (Å²) < 4.78 is 28.7. The predicted octanol–water partition coefficient (Wildman–Crippen LogP) is 4.54. The van der Waals surface area contributed by atoms with E-state index < -0.39 is 16.1 Å². The Bertz CT molecular complexity index is 1200. The normalized spacial score (nSPS) is 41.1. The molecule has 9 nitrogen and oxygen atoms in total. The predicted molar refractivity (Wildman–Crippen MR) is 157 cm³/mol. The molecule has 0 saturated heterocycles. The molecule has 4 N–H and O–H groups in total. The van der Waals surface area contributed by atoms with Crippen molar-refractivity contribution in [1.82, 2.24) is 19.8 Å². The SMILES string of the molecule is CC[C@H]1[C@@H](O)C2[C@@H]3CC[C@H]([C@H](C)CCNC(=O)NS(=O)(=O)c4cnn(CC)c4)C3(C)CC[C@@H]2[C@@]2(C)CC[C@@H](O)C[C@@H]12. The van der Waals surface area contributed by atoms with Gasteiger partial charge in [0, 0.05) is 19.3 Å². The van der Waals surface area contributed by atoms with E-state index in [2.05, 4.69) is 42.8 Å². The van der Waals surface area contributed by atoms with Gasteiger partial charge in [-0.05, 0) is 111 Å². The Hall–Kier alpha value is -1.65. The first-order valence-corrected chi connectivity index (χ1v) is 17.5. The molecule has 4 saturated carbocycles. The van der Waals surface area contributed by atoms with Crippen LogP contribution < -0.4 is 10.0 Å². The fourth-order valence-electron chi connectivity index (χ4n) is 10.4. The molecule has 4 fully saturated rings. The molecule has 1 heterocycles. The third kappa shape index (κ3) is 5.35. The number of fused-ring (bicyclic) bond motifs is 5. The summed E-state index contributed by atoms with van der Waals surface area (Å²) in [5, 5.41) is 29.2. The highest BCUT2D eigenvalue weighted by molar-refractivity contribution is 7.90. The molecule has 2 amide bonds. The van der Waals surface area contributed by atoms with Crippen molar-refractivity contribution >= 4 is 16.1 Å². The summed E-state index contributed by atoms with van der Waals surface area (Å²) in [4.78, 5) is 12.4. The molecule has 232 valence electrons. The first kappa shape index (κ1) is 30.8. The maximum Gasteiger partial charge on any atom is 0.328 e. The molecule has 0 radical (unpaired) electrons. The van der Waals surface area contributed by atoms with E-state index >= 15 is 0 Å². The standard InChI is InChI=1S/C31H52N4O5S/c1-6-22-26-16-20(36)10-13-31(26,5)25-11-14-30(4)23(8-9-24(30)27(25)28(22)37)19(3)12-15-32-29(38)34-41(39,40)21-17-33-35(7-2)18-21/h17-20,22-28,36-37H,6-16H2,1-5H3,(H2,32,34,38)/t19-,20-,22-,23-,24+,25+,26+,27?,28-,30?,31-/m1/s1. The van der Waals surface area contributed by atoms with Crippen molar-refractivity contribution < 1.29 is 23.4 Å². The molecule has 0 bridgehead atoms. The summed E-state index contributed by atoms with van der Waals surface area (Å²) in [6.07, 6.45) is 11.2. The minimum atomic E-state index is -3.96. The number of aryl methyl sites for hydroxylation is 1. The molecule has 41 heavy (non-hydrogen) atoms. The lowest BCUT2D eigenvalue weighted by Gasteiger charge is -2.64. The van der Waals surface area contributed by atoms with E-state index in [-0.39, 0.29) is 33.9 Å². The Kier molecular flexibility index (Phi) is 8.60. The van der Waals surface area contributed by atoms with Crippen LogP contribution in [0.4, 0.5) is 4.79 Å². The van der Waals surface area contributed by atoms with Gasteiger partial charge in [-0.1, -0.05) is 34.1 Å². The Balaban J connectivity index is 1.21. The van der Waals surface area contributed by atoms with Gasteiger partial charge < -0.3 is 15.5 Å². The van der Waals surface area contributed by atoms with Crippen LogP contribution in [0.5, 0.6) is 0 Å².